The number of aryl methyl sites for hydroxylation is 2. The van der Waals surface area contributed by atoms with Crippen molar-refractivity contribution in [2.24, 2.45) is 5.92 Å². The summed E-state index contributed by atoms with van der Waals surface area (Å²) in [6.45, 7) is 7.92. The molecule has 4 rings (SSSR count). The second-order valence-corrected chi connectivity index (χ2v) is 13.6. The van der Waals surface area contributed by atoms with E-state index in [2.05, 4.69) is 69.3 Å². The van der Waals surface area contributed by atoms with Gasteiger partial charge in [-0.2, -0.15) is 0 Å². The van der Waals surface area contributed by atoms with Gasteiger partial charge in [0.25, 0.3) is 0 Å². The Balaban J connectivity index is 1.16. The highest BCUT2D eigenvalue weighted by atomic mass is 16.6. The molecule has 0 aliphatic carbocycles. The second kappa shape index (κ2) is 23.1. The highest BCUT2D eigenvalue weighted by Crippen LogP contribution is 2.19. The van der Waals surface area contributed by atoms with Gasteiger partial charge in [-0.25, -0.2) is 0 Å². The molecule has 6 heteroatoms. The van der Waals surface area contributed by atoms with Crippen LogP contribution in [-0.4, -0.2) is 25.2 Å². The molecule has 0 saturated heterocycles. The van der Waals surface area contributed by atoms with Crippen LogP contribution in [0.2, 0.25) is 0 Å². The first kappa shape index (κ1) is 40.2. The lowest BCUT2D eigenvalue weighted by atomic mass is 10.0. The summed E-state index contributed by atoms with van der Waals surface area (Å²) in [6, 6.07) is 32.9. The first-order chi connectivity index (χ1) is 25.5. The van der Waals surface area contributed by atoms with Crippen LogP contribution in [0.1, 0.15) is 106 Å². The van der Waals surface area contributed by atoms with Gasteiger partial charge in [-0.1, -0.05) is 126 Å². The van der Waals surface area contributed by atoms with Gasteiger partial charge in [0.2, 0.25) is 0 Å². The molecule has 6 nitrogen and oxygen atoms in total. The minimum absolute atomic E-state index is 0.194. The lowest BCUT2D eigenvalue weighted by Crippen LogP contribution is -2.29. The van der Waals surface area contributed by atoms with Crippen molar-refractivity contribution in [3.63, 3.8) is 0 Å². The highest BCUT2D eigenvalue weighted by molar-refractivity contribution is 5.94. The van der Waals surface area contributed by atoms with Gasteiger partial charge in [0.05, 0.1) is 13.2 Å². The smallest absolute Gasteiger partial charge is 0.320 e. The van der Waals surface area contributed by atoms with Crippen LogP contribution in [0.3, 0.4) is 0 Å². The summed E-state index contributed by atoms with van der Waals surface area (Å²) in [5, 5.41) is 0. The van der Waals surface area contributed by atoms with Gasteiger partial charge in [0.15, 0.2) is 5.92 Å². The first-order valence-corrected chi connectivity index (χ1v) is 19.4. The Kier molecular flexibility index (Phi) is 17.8. The van der Waals surface area contributed by atoms with E-state index in [-0.39, 0.29) is 13.2 Å². The van der Waals surface area contributed by atoms with Crippen LogP contribution in [0.4, 0.5) is 0 Å². The number of carbonyl (C=O) groups excluding carboxylic acids is 2. The third kappa shape index (κ3) is 14.6. The van der Waals surface area contributed by atoms with E-state index in [1.54, 1.807) is 0 Å². The van der Waals surface area contributed by atoms with Gasteiger partial charge < -0.3 is 18.9 Å². The van der Waals surface area contributed by atoms with Gasteiger partial charge in [0.1, 0.15) is 24.7 Å². The van der Waals surface area contributed by atoms with Crippen LogP contribution >= 0.6 is 0 Å². The molecule has 4 aromatic carbocycles. The zero-order valence-electron chi connectivity index (χ0n) is 31.6. The number of unbranched alkanes of at least 4 members (excludes halogenated alkanes) is 4. The largest absolute Gasteiger partial charge is 0.489 e. The molecular formula is C46H58O6. The molecule has 0 aliphatic rings. The van der Waals surface area contributed by atoms with Crippen LogP contribution < -0.4 is 9.47 Å². The number of rotatable bonds is 24. The molecule has 0 radical (unpaired) electrons. The maximum absolute atomic E-state index is 13.1. The van der Waals surface area contributed by atoms with Gasteiger partial charge >= 0.3 is 11.9 Å². The fourth-order valence-electron chi connectivity index (χ4n) is 5.87. The van der Waals surface area contributed by atoms with Crippen molar-refractivity contribution in [1.82, 2.24) is 0 Å². The highest BCUT2D eigenvalue weighted by Gasteiger charge is 2.29. The van der Waals surface area contributed by atoms with E-state index in [0.717, 1.165) is 65.9 Å². The van der Waals surface area contributed by atoms with E-state index in [1.807, 2.05) is 48.5 Å². The average Bonchev–Trinajstić information content (AvgIpc) is 3.18. The second-order valence-electron chi connectivity index (χ2n) is 13.6. The van der Waals surface area contributed by atoms with Crippen LogP contribution in [0.25, 0.3) is 0 Å². The third-order valence-corrected chi connectivity index (χ3v) is 9.28. The Morgan fingerprint density at radius 3 is 1.17 bits per heavy atom. The standard InChI is InChI=1S/C46H58O6/c1-4-7-10-13-44(45(47)49-32-30-38-22-26-42(27-23-38)51-34-40-18-14-36(15-19-40)11-8-5-2)46(48)50-33-31-39-24-28-43(29-25-39)52-35-41-20-16-37(17-21-41)12-9-6-3/h14-29,44H,4-13,30-35H2,1-3H3. The molecule has 0 amide bonds. The molecule has 0 fully saturated rings. The van der Waals surface area contributed by atoms with Crippen molar-refractivity contribution in [2.45, 2.75) is 111 Å². The van der Waals surface area contributed by atoms with E-state index in [9.17, 15) is 9.59 Å². The zero-order chi connectivity index (χ0) is 36.8. The molecule has 278 valence electrons. The summed E-state index contributed by atoms with van der Waals surface area (Å²) in [5.74, 6) is -0.367. The summed E-state index contributed by atoms with van der Waals surface area (Å²) in [4.78, 5) is 26.1. The summed E-state index contributed by atoms with van der Waals surface area (Å²) in [5.41, 5.74) is 7.05. The minimum atomic E-state index is -0.917. The molecule has 0 unspecified atom stereocenters. The van der Waals surface area contributed by atoms with E-state index < -0.39 is 17.9 Å². The topological polar surface area (TPSA) is 71.1 Å². The van der Waals surface area contributed by atoms with Gasteiger partial charge in [-0.15, -0.1) is 0 Å². The average molecular weight is 707 g/mol. The number of ether oxygens (including phenoxy) is 4. The molecule has 0 bridgehead atoms. The Morgan fingerprint density at radius 1 is 0.442 bits per heavy atom. The predicted molar refractivity (Wildman–Crippen MR) is 209 cm³/mol. The van der Waals surface area contributed by atoms with Crippen molar-refractivity contribution in [2.75, 3.05) is 13.2 Å². The monoisotopic (exact) mass is 706 g/mol. The number of hydrogen-bond acceptors (Lipinski definition) is 6. The van der Waals surface area contributed by atoms with Crippen molar-refractivity contribution in [3.8, 4) is 11.5 Å². The van der Waals surface area contributed by atoms with Gasteiger partial charge in [-0.3, -0.25) is 9.59 Å². The Labute approximate surface area is 311 Å². The van der Waals surface area contributed by atoms with Crippen molar-refractivity contribution >= 4 is 11.9 Å². The zero-order valence-corrected chi connectivity index (χ0v) is 31.6. The molecule has 0 atom stereocenters. The number of carbonyl (C=O) groups is 2. The van der Waals surface area contributed by atoms with Crippen LogP contribution in [-0.2, 0) is 58.0 Å². The van der Waals surface area contributed by atoms with Crippen molar-refractivity contribution in [3.05, 3.63) is 130 Å². The summed E-state index contributed by atoms with van der Waals surface area (Å²) in [7, 11) is 0. The van der Waals surface area contributed by atoms with E-state index in [1.165, 1.54) is 36.8 Å². The summed E-state index contributed by atoms with van der Waals surface area (Å²) < 4.78 is 23.1. The fraction of sp³-hybridized carbons (Fsp3) is 0.435. The number of hydrogen-bond donors (Lipinski definition) is 0. The first-order valence-electron chi connectivity index (χ1n) is 19.4. The van der Waals surface area contributed by atoms with E-state index in [0.29, 0.717) is 32.5 Å². The minimum Gasteiger partial charge on any atom is -0.489 e. The molecule has 0 N–H and O–H groups in total. The van der Waals surface area contributed by atoms with Crippen LogP contribution in [0.15, 0.2) is 97.1 Å². The van der Waals surface area contributed by atoms with E-state index >= 15 is 0 Å². The SMILES string of the molecule is CCCCCC(C(=O)OCCc1ccc(OCc2ccc(CCCC)cc2)cc1)C(=O)OCCc1ccc(OCc2ccc(CCCC)cc2)cc1. The Morgan fingerprint density at radius 2 is 0.788 bits per heavy atom. The summed E-state index contributed by atoms with van der Waals surface area (Å²) >= 11 is 0. The van der Waals surface area contributed by atoms with Gasteiger partial charge in [0, 0.05) is 12.8 Å². The summed E-state index contributed by atoms with van der Waals surface area (Å²) in [6.07, 6.45) is 11.2. The normalized spacial score (nSPS) is 11.0. The molecule has 0 aliphatic heterocycles. The quantitative estimate of drug-likeness (QED) is 0.0410. The molecule has 0 heterocycles. The maximum atomic E-state index is 13.1. The predicted octanol–water partition coefficient (Wildman–Crippen LogP) is 10.6. The number of benzene rings is 4. The van der Waals surface area contributed by atoms with Crippen molar-refractivity contribution in [1.29, 1.82) is 0 Å². The molecular weight excluding hydrogens is 648 g/mol. The lowest BCUT2D eigenvalue weighted by molar-refractivity contribution is -0.162. The molecule has 0 aromatic heterocycles. The molecule has 52 heavy (non-hydrogen) atoms. The van der Waals surface area contributed by atoms with Crippen LogP contribution in [0.5, 0.6) is 11.5 Å². The fourth-order valence-corrected chi connectivity index (χ4v) is 5.87. The van der Waals surface area contributed by atoms with E-state index in [4.69, 9.17) is 18.9 Å². The lowest BCUT2D eigenvalue weighted by Gasteiger charge is -2.16. The van der Waals surface area contributed by atoms with Gasteiger partial charge in [-0.05, 0) is 89.8 Å². The third-order valence-electron chi connectivity index (χ3n) is 9.28. The Bertz CT molecular complexity index is 1460. The molecule has 0 saturated carbocycles. The molecule has 4 aromatic rings. The Hall–Kier alpha value is -4.58. The molecule has 0 spiro atoms. The van der Waals surface area contributed by atoms with Crippen LogP contribution in [0, 0.1) is 5.92 Å². The number of esters is 2. The van der Waals surface area contributed by atoms with Crippen molar-refractivity contribution < 1.29 is 28.5 Å². The maximum Gasteiger partial charge on any atom is 0.320 e.